The van der Waals surface area contributed by atoms with Gasteiger partial charge in [-0.05, 0) is 37.5 Å². The molecular weight excluding hydrogens is 238 g/mol. The standard InChI is InChI=1S/C15H21N3O/c1-12-3-2-4-13(11-12)17-7-9-18(10-8-17)14(19)15(16)5-6-15/h2-4,11H,5-10,16H2,1H3. The number of carbonyl (C=O) groups is 1. The van der Waals surface area contributed by atoms with Crippen LogP contribution < -0.4 is 10.6 Å². The smallest absolute Gasteiger partial charge is 0.242 e. The maximum Gasteiger partial charge on any atom is 0.242 e. The molecule has 2 N–H and O–H groups in total. The van der Waals surface area contributed by atoms with Crippen molar-refractivity contribution in [1.29, 1.82) is 0 Å². The number of nitrogens with two attached hydrogens (primary N) is 1. The van der Waals surface area contributed by atoms with Crippen molar-refractivity contribution in [3.8, 4) is 0 Å². The molecule has 1 saturated carbocycles. The molecule has 0 radical (unpaired) electrons. The Morgan fingerprint density at radius 3 is 2.47 bits per heavy atom. The fourth-order valence-electron chi connectivity index (χ4n) is 2.66. The number of nitrogens with zero attached hydrogens (tertiary/aromatic N) is 2. The van der Waals surface area contributed by atoms with Gasteiger partial charge in [-0.25, -0.2) is 0 Å². The molecule has 1 amide bonds. The van der Waals surface area contributed by atoms with E-state index in [1.807, 2.05) is 4.90 Å². The van der Waals surface area contributed by atoms with E-state index >= 15 is 0 Å². The van der Waals surface area contributed by atoms with Crippen molar-refractivity contribution < 1.29 is 4.79 Å². The zero-order valence-electron chi connectivity index (χ0n) is 11.4. The van der Waals surface area contributed by atoms with Crippen LogP contribution in [0.4, 0.5) is 5.69 Å². The topological polar surface area (TPSA) is 49.6 Å². The third-order valence-corrected chi connectivity index (χ3v) is 4.15. The minimum Gasteiger partial charge on any atom is -0.368 e. The van der Waals surface area contributed by atoms with Gasteiger partial charge in [-0.15, -0.1) is 0 Å². The average molecular weight is 259 g/mol. The number of piperazine rings is 1. The van der Waals surface area contributed by atoms with Gasteiger partial charge in [0.25, 0.3) is 0 Å². The molecule has 102 valence electrons. The first kappa shape index (κ1) is 12.5. The SMILES string of the molecule is Cc1cccc(N2CCN(C(=O)C3(N)CC3)CC2)c1. The van der Waals surface area contributed by atoms with E-state index in [1.165, 1.54) is 11.3 Å². The van der Waals surface area contributed by atoms with Crippen molar-refractivity contribution in [2.24, 2.45) is 5.73 Å². The Balaban J connectivity index is 1.62. The van der Waals surface area contributed by atoms with E-state index in [9.17, 15) is 4.79 Å². The van der Waals surface area contributed by atoms with Crippen LogP contribution in [0, 0.1) is 6.92 Å². The number of hydrogen-bond donors (Lipinski definition) is 1. The molecule has 1 aromatic carbocycles. The lowest BCUT2D eigenvalue weighted by Gasteiger charge is -2.37. The second-order valence-electron chi connectivity index (χ2n) is 5.77. The largest absolute Gasteiger partial charge is 0.368 e. The number of hydrogen-bond acceptors (Lipinski definition) is 3. The van der Waals surface area contributed by atoms with Gasteiger partial charge in [-0.3, -0.25) is 4.79 Å². The second-order valence-corrected chi connectivity index (χ2v) is 5.77. The summed E-state index contributed by atoms with van der Waals surface area (Å²) in [5.74, 6) is 0.149. The van der Waals surface area contributed by atoms with Crippen molar-refractivity contribution in [2.45, 2.75) is 25.3 Å². The Labute approximate surface area is 114 Å². The van der Waals surface area contributed by atoms with Crippen LogP contribution in [0.15, 0.2) is 24.3 Å². The third-order valence-electron chi connectivity index (χ3n) is 4.15. The zero-order chi connectivity index (χ0) is 13.5. The highest BCUT2D eigenvalue weighted by atomic mass is 16.2. The molecule has 0 unspecified atom stereocenters. The van der Waals surface area contributed by atoms with E-state index in [0.29, 0.717) is 0 Å². The molecule has 1 aromatic rings. The van der Waals surface area contributed by atoms with Crippen molar-refractivity contribution in [3.05, 3.63) is 29.8 Å². The lowest BCUT2D eigenvalue weighted by atomic mass is 10.1. The van der Waals surface area contributed by atoms with E-state index in [-0.39, 0.29) is 5.91 Å². The molecule has 1 aliphatic heterocycles. The number of anilines is 1. The maximum absolute atomic E-state index is 12.2. The van der Waals surface area contributed by atoms with Gasteiger partial charge in [0.1, 0.15) is 0 Å². The van der Waals surface area contributed by atoms with Gasteiger partial charge in [0.2, 0.25) is 5.91 Å². The summed E-state index contributed by atoms with van der Waals surface area (Å²) in [6.45, 7) is 5.46. The third kappa shape index (κ3) is 2.45. The number of benzene rings is 1. The molecule has 1 saturated heterocycles. The van der Waals surface area contributed by atoms with E-state index in [1.54, 1.807) is 0 Å². The molecular formula is C15H21N3O. The van der Waals surface area contributed by atoms with Crippen LogP contribution >= 0.6 is 0 Å². The van der Waals surface area contributed by atoms with Crippen LogP contribution in [0.25, 0.3) is 0 Å². The maximum atomic E-state index is 12.2. The molecule has 1 heterocycles. The van der Waals surface area contributed by atoms with Crippen molar-refractivity contribution in [3.63, 3.8) is 0 Å². The molecule has 2 fully saturated rings. The van der Waals surface area contributed by atoms with Crippen LogP contribution in [-0.4, -0.2) is 42.5 Å². The number of rotatable bonds is 2. The second kappa shape index (κ2) is 4.53. The summed E-state index contributed by atoms with van der Waals surface area (Å²) in [7, 11) is 0. The number of aryl methyl sites for hydroxylation is 1. The van der Waals surface area contributed by atoms with Crippen molar-refractivity contribution in [1.82, 2.24) is 4.90 Å². The molecule has 0 aromatic heterocycles. The predicted octanol–water partition coefficient (Wildman–Crippen LogP) is 1.13. The summed E-state index contributed by atoms with van der Waals surface area (Å²) >= 11 is 0. The highest BCUT2D eigenvalue weighted by Gasteiger charge is 2.48. The van der Waals surface area contributed by atoms with E-state index in [0.717, 1.165) is 39.0 Å². The van der Waals surface area contributed by atoms with Gasteiger partial charge in [-0.2, -0.15) is 0 Å². The summed E-state index contributed by atoms with van der Waals surface area (Å²) in [4.78, 5) is 16.4. The van der Waals surface area contributed by atoms with Crippen LogP contribution in [0.3, 0.4) is 0 Å². The number of carbonyl (C=O) groups excluding carboxylic acids is 1. The Morgan fingerprint density at radius 2 is 1.89 bits per heavy atom. The van der Waals surface area contributed by atoms with Gasteiger partial charge in [0.15, 0.2) is 0 Å². The zero-order valence-corrected chi connectivity index (χ0v) is 11.4. The molecule has 2 aliphatic rings. The molecule has 0 atom stereocenters. The normalized spacial score (nSPS) is 21.4. The van der Waals surface area contributed by atoms with Gasteiger partial charge < -0.3 is 15.5 Å². The number of amides is 1. The Hall–Kier alpha value is -1.55. The monoisotopic (exact) mass is 259 g/mol. The minimum absolute atomic E-state index is 0.149. The molecule has 3 rings (SSSR count). The highest BCUT2D eigenvalue weighted by Crippen LogP contribution is 2.34. The van der Waals surface area contributed by atoms with Crippen molar-refractivity contribution >= 4 is 11.6 Å². The fraction of sp³-hybridized carbons (Fsp3) is 0.533. The molecule has 4 heteroatoms. The summed E-state index contributed by atoms with van der Waals surface area (Å²) in [6.07, 6.45) is 1.70. The first-order chi connectivity index (χ1) is 9.08. The first-order valence-electron chi connectivity index (χ1n) is 6.98. The fourth-order valence-corrected chi connectivity index (χ4v) is 2.66. The minimum atomic E-state index is -0.522. The Bertz CT molecular complexity index is 488. The summed E-state index contributed by atoms with van der Waals surface area (Å²) in [5.41, 5.74) is 7.98. The van der Waals surface area contributed by atoms with Crippen LogP contribution in [0.2, 0.25) is 0 Å². The Kier molecular flexibility index (Phi) is 2.97. The van der Waals surface area contributed by atoms with Gasteiger partial charge >= 0.3 is 0 Å². The first-order valence-corrected chi connectivity index (χ1v) is 6.98. The van der Waals surface area contributed by atoms with E-state index < -0.39 is 5.54 Å². The molecule has 19 heavy (non-hydrogen) atoms. The van der Waals surface area contributed by atoms with Crippen molar-refractivity contribution in [2.75, 3.05) is 31.1 Å². The average Bonchev–Trinajstić information content (AvgIpc) is 3.17. The van der Waals surface area contributed by atoms with Crippen LogP contribution in [0.1, 0.15) is 18.4 Å². The van der Waals surface area contributed by atoms with Crippen LogP contribution in [0.5, 0.6) is 0 Å². The summed E-state index contributed by atoms with van der Waals surface area (Å²) in [6, 6.07) is 8.52. The molecule has 0 spiro atoms. The lowest BCUT2D eigenvalue weighted by Crippen LogP contribution is -2.54. The molecule has 1 aliphatic carbocycles. The van der Waals surface area contributed by atoms with Gasteiger partial charge in [0.05, 0.1) is 5.54 Å². The summed E-state index contributed by atoms with van der Waals surface area (Å²) in [5, 5.41) is 0. The van der Waals surface area contributed by atoms with Gasteiger partial charge in [0, 0.05) is 31.9 Å². The predicted molar refractivity (Wildman–Crippen MR) is 76.1 cm³/mol. The molecule has 4 nitrogen and oxygen atoms in total. The lowest BCUT2D eigenvalue weighted by molar-refractivity contribution is -0.133. The summed E-state index contributed by atoms with van der Waals surface area (Å²) < 4.78 is 0. The quantitative estimate of drug-likeness (QED) is 0.866. The Morgan fingerprint density at radius 1 is 1.21 bits per heavy atom. The molecule has 0 bridgehead atoms. The van der Waals surface area contributed by atoms with Crippen LogP contribution in [-0.2, 0) is 4.79 Å². The van der Waals surface area contributed by atoms with Gasteiger partial charge in [-0.1, -0.05) is 12.1 Å². The highest BCUT2D eigenvalue weighted by molar-refractivity contribution is 5.89. The van der Waals surface area contributed by atoms with E-state index in [2.05, 4.69) is 36.1 Å². The van der Waals surface area contributed by atoms with E-state index in [4.69, 9.17) is 5.73 Å².